The Bertz CT molecular complexity index is 1030. The second-order valence-corrected chi connectivity index (χ2v) is 8.32. The first-order valence-corrected chi connectivity index (χ1v) is 11.1. The van der Waals surface area contributed by atoms with Crippen molar-refractivity contribution in [2.24, 2.45) is 0 Å². The molecule has 2 aromatic carbocycles. The van der Waals surface area contributed by atoms with Crippen LogP contribution in [0.4, 0.5) is 23.7 Å². The number of carbonyl (C=O) groups excluding carboxylic acids is 3. The Balaban J connectivity index is 1.18. The highest BCUT2D eigenvalue weighted by atomic mass is 19.4. The summed E-state index contributed by atoms with van der Waals surface area (Å²) < 4.78 is 40.4. The lowest BCUT2D eigenvalue weighted by Crippen LogP contribution is -2.39. The topological polar surface area (TPSA) is 79.0 Å². The summed E-state index contributed by atoms with van der Waals surface area (Å²) in [6.07, 6.45) is -2.24. The second kappa shape index (κ2) is 9.74. The third-order valence-corrected chi connectivity index (χ3v) is 5.93. The zero-order valence-corrected chi connectivity index (χ0v) is 18.3. The number of nitrogens with one attached hydrogen (secondary N) is 1. The number of carbonyl (C=O) groups is 3. The maximum absolute atomic E-state index is 12.8. The van der Waals surface area contributed by atoms with Crippen LogP contribution in [0, 0.1) is 0 Å². The molecule has 0 bridgehead atoms. The zero-order chi connectivity index (χ0) is 24.3. The summed E-state index contributed by atoms with van der Waals surface area (Å²) in [6.45, 7) is 0.745. The van der Waals surface area contributed by atoms with Gasteiger partial charge in [0.05, 0.1) is 0 Å². The van der Waals surface area contributed by atoms with Gasteiger partial charge in [-0.2, -0.15) is 0 Å². The van der Waals surface area contributed by atoms with E-state index in [2.05, 4.69) is 10.1 Å². The first-order valence-electron chi connectivity index (χ1n) is 11.1. The van der Waals surface area contributed by atoms with Gasteiger partial charge in [0.2, 0.25) is 5.91 Å². The monoisotopic (exact) mass is 475 g/mol. The van der Waals surface area contributed by atoms with Crippen LogP contribution in [0.3, 0.4) is 0 Å². The number of anilines is 1. The molecule has 0 spiro atoms. The summed E-state index contributed by atoms with van der Waals surface area (Å²) in [5.41, 5.74) is 2.53. The molecule has 0 aromatic heterocycles. The van der Waals surface area contributed by atoms with Gasteiger partial charge in [0.15, 0.2) is 0 Å². The summed E-state index contributed by atoms with van der Waals surface area (Å²) in [4.78, 5) is 40.5. The largest absolute Gasteiger partial charge is 0.573 e. The van der Waals surface area contributed by atoms with Crippen LogP contribution < -0.4 is 10.1 Å². The molecule has 7 nitrogen and oxygen atoms in total. The van der Waals surface area contributed by atoms with Gasteiger partial charge < -0.3 is 15.0 Å². The number of nitrogens with zero attached hydrogens (tertiary/aromatic N) is 2. The second-order valence-electron chi connectivity index (χ2n) is 8.32. The average Bonchev–Trinajstić information content (AvgIpc) is 3.02. The van der Waals surface area contributed by atoms with Crippen LogP contribution in [-0.4, -0.2) is 46.6 Å². The van der Waals surface area contributed by atoms with Gasteiger partial charge >= 0.3 is 12.4 Å². The molecule has 0 radical (unpaired) electrons. The molecule has 2 heterocycles. The van der Waals surface area contributed by atoms with E-state index in [1.807, 2.05) is 24.3 Å². The number of urea groups is 1. The molecule has 2 aliphatic heterocycles. The Morgan fingerprint density at radius 3 is 2.41 bits per heavy atom. The lowest BCUT2D eigenvalue weighted by Gasteiger charge is -2.28. The Kier molecular flexibility index (Phi) is 6.76. The molecule has 10 heteroatoms. The maximum atomic E-state index is 12.8. The molecule has 180 valence electrons. The van der Waals surface area contributed by atoms with Gasteiger partial charge in [0.25, 0.3) is 5.91 Å². The smallest absolute Gasteiger partial charge is 0.406 e. The summed E-state index contributed by atoms with van der Waals surface area (Å²) >= 11 is 0. The molecule has 4 amide bonds. The zero-order valence-electron chi connectivity index (χ0n) is 18.3. The molecule has 1 fully saturated rings. The molecule has 0 aliphatic carbocycles. The highest BCUT2D eigenvalue weighted by Crippen LogP contribution is 2.30. The molecule has 34 heavy (non-hydrogen) atoms. The molecular formula is C24H24F3N3O4. The van der Waals surface area contributed by atoms with E-state index in [1.165, 1.54) is 17.0 Å². The molecule has 2 aromatic rings. The molecule has 0 unspecified atom stereocenters. The van der Waals surface area contributed by atoms with Crippen LogP contribution in [-0.2, 0) is 22.6 Å². The number of unbranched alkanes of at least 4 members (excludes halogenated alkanes) is 2. The van der Waals surface area contributed by atoms with E-state index < -0.39 is 12.4 Å². The third-order valence-electron chi connectivity index (χ3n) is 5.93. The van der Waals surface area contributed by atoms with Crippen molar-refractivity contribution in [2.75, 3.05) is 11.9 Å². The fraction of sp³-hybridized carbons (Fsp3) is 0.375. The molecule has 1 saturated heterocycles. The van der Waals surface area contributed by atoms with E-state index in [9.17, 15) is 27.6 Å². The van der Waals surface area contributed by atoms with Crippen molar-refractivity contribution in [3.8, 4) is 5.75 Å². The van der Waals surface area contributed by atoms with Gasteiger partial charge in [0.1, 0.15) is 11.8 Å². The summed E-state index contributed by atoms with van der Waals surface area (Å²) in [6, 6.07) is 12.0. The number of amides is 4. The lowest BCUT2D eigenvalue weighted by atomic mass is 9.95. The molecule has 1 N–H and O–H groups in total. The van der Waals surface area contributed by atoms with E-state index in [4.69, 9.17) is 0 Å². The van der Waals surface area contributed by atoms with Crippen molar-refractivity contribution in [1.29, 1.82) is 0 Å². The Labute approximate surface area is 194 Å². The molecule has 0 saturated carbocycles. The average molecular weight is 475 g/mol. The van der Waals surface area contributed by atoms with E-state index >= 15 is 0 Å². The molecule has 1 atom stereocenters. The molecular weight excluding hydrogens is 451 g/mol. The van der Waals surface area contributed by atoms with Gasteiger partial charge in [-0.3, -0.25) is 14.5 Å². The molecule has 4 rings (SSSR count). The first-order chi connectivity index (χ1) is 16.2. The minimum Gasteiger partial charge on any atom is -0.406 e. The van der Waals surface area contributed by atoms with Crippen molar-refractivity contribution in [3.05, 3.63) is 59.7 Å². The van der Waals surface area contributed by atoms with Crippen LogP contribution in [0.1, 0.15) is 36.8 Å². The summed E-state index contributed by atoms with van der Waals surface area (Å²) in [5, 5.41) is 2.62. The SMILES string of the molecule is O=C(CCCCCN1C(=O)[C@@H]2Cc3ccccc3CN2C1=O)Nc1ccc(OC(F)(F)F)cc1. The van der Waals surface area contributed by atoms with Crippen LogP contribution >= 0.6 is 0 Å². The predicted octanol–water partition coefficient (Wildman–Crippen LogP) is 4.47. The van der Waals surface area contributed by atoms with Crippen LogP contribution in [0.5, 0.6) is 5.75 Å². The third kappa shape index (κ3) is 5.49. The van der Waals surface area contributed by atoms with E-state index in [0.29, 0.717) is 44.5 Å². The fourth-order valence-electron chi connectivity index (χ4n) is 4.28. The number of halogens is 3. The van der Waals surface area contributed by atoms with Crippen molar-refractivity contribution >= 4 is 23.5 Å². The number of ether oxygens (including phenoxy) is 1. The Hall–Kier alpha value is -3.56. The standard InChI is InChI=1S/C24H24F3N3O4/c25-24(26,27)34-19-11-9-18(10-12-19)28-21(31)8-2-1-5-13-29-22(32)20-14-16-6-3-4-7-17(16)15-30(20)23(29)33/h3-4,6-7,9-12,20H,1-2,5,8,13-15H2,(H,28,31)/t20-/m0/s1. The van der Waals surface area contributed by atoms with Crippen LogP contribution in [0.25, 0.3) is 0 Å². The highest BCUT2D eigenvalue weighted by molar-refractivity contribution is 6.04. The highest BCUT2D eigenvalue weighted by Gasteiger charge is 2.46. The van der Waals surface area contributed by atoms with Gasteiger partial charge in [-0.25, -0.2) is 4.79 Å². The van der Waals surface area contributed by atoms with E-state index in [1.54, 1.807) is 4.90 Å². The van der Waals surface area contributed by atoms with Crippen LogP contribution in [0.15, 0.2) is 48.5 Å². The minimum absolute atomic E-state index is 0.171. The quantitative estimate of drug-likeness (QED) is 0.451. The minimum atomic E-state index is -4.77. The number of benzene rings is 2. The van der Waals surface area contributed by atoms with E-state index in [-0.39, 0.29) is 30.0 Å². The van der Waals surface area contributed by atoms with Crippen molar-refractivity contribution in [3.63, 3.8) is 0 Å². The van der Waals surface area contributed by atoms with Gasteiger partial charge in [-0.1, -0.05) is 30.7 Å². The van der Waals surface area contributed by atoms with Gasteiger partial charge in [-0.15, -0.1) is 13.2 Å². The summed E-state index contributed by atoms with van der Waals surface area (Å²) in [5.74, 6) is -0.806. The molecule has 2 aliphatic rings. The number of hydrogen-bond donors (Lipinski definition) is 1. The Morgan fingerprint density at radius 2 is 1.71 bits per heavy atom. The maximum Gasteiger partial charge on any atom is 0.573 e. The van der Waals surface area contributed by atoms with Crippen LogP contribution in [0.2, 0.25) is 0 Å². The normalized spacial score (nSPS) is 17.4. The predicted molar refractivity (Wildman–Crippen MR) is 117 cm³/mol. The number of fused-ring (bicyclic) bond motifs is 2. The van der Waals surface area contributed by atoms with Gasteiger partial charge in [-0.05, 0) is 48.2 Å². The van der Waals surface area contributed by atoms with E-state index in [0.717, 1.165) is 23.3 Å². The summed E-state index contributed by atoms with van der Waals surface area (Å²) in [7, 11) is 0. The Morgan fingerprint density at radius 1 is 1.00 bits per heavy atom. The van der Waals surface area contributed by atoms with Crippen molar-refractivity contribution < 1.29 is 32.3 Å². The number of rotatable bonds is 8. The lowest BCUT2D eigenvalue weighted by molar-refractivity contribution is -0.274. The van der Waals surface area contributed by atoms with Gasteiger partial charge in [0, 0.05) is 31.6 Å². The fourth-order valence-corrected chi connectivity index (χ4v) is 4.28. The van der Waals surface area contributed by atoms with Crippen molar-refractivity contribution in [2.45, 2.75) is 51.1 Å². The first kappa shape index (κ1) is 23.6. The number of hydrogen-bond acceptors (Lipinski definition) is 4. The van der Waals surface area contributed by atoms with Crippen molar-refractivity contribution in [1.82, 2.24) is 9.80 Å². The number of imide groups is 1. The number of alkyl halides is 3.